The van der Waals surface area contributed by atoms with E-state index in [1.165, 1.54) is 5.01 Å². The summed E-state index contributed by atoms with van der Waals surface area (Å²) in [7, 11) is 1.54. The number of benzene rings is 1. The van der Waals surface area contributed by atoms with Crippen molar-refractivity contribution in [1.29, 1.82) is 0 Å². The number of aromatic nitrogens is 1. The molecule has 2 aromatic rings. The molecule has 3 heterocycles. The van der Waals surface area contributed by atoms with Crippen molar-refractivity contribution < 1.29 is 28.5 Å². The van der Waals surface area contributed by atoms with E-state index in [1.807, 2.05) is 0 Å². The van der Waals surface area contributed by atoms with Gasteiger partial charge < -0.3 is 18.9 Å². The van der Waals surface area contributed by atoms with Crippen LogP contribution in [0.1, 0.15) is 34.8 Å². The van der Waals surface area contributed by atoms with E-state index in [1.54, 1.807) is 46.1 Å². The predicted molar refractivity (Wildman–Crippen MR) is 110 cm³/mol. The molecule has 2 aliphatic heterocycles. The summed E-state index contributed by atoms with van der Waals surface area (Å²) in [5.41, 5.74) is 2.05. The number of hydrazone groups is 1. The van der Waals surface area contributed by atoms with Crippen molar-refractivity contribution in [3.63, 3.8) is 0 Å². The third-order valence-electron chi connectivity index (χ3n) is 4.51. The van der Waals surface area contributed by atoms with Gasteiger partial charge in [0.15, 0.2) is 11.5 Å². The molecule has 0 fully saturated rings. The van der Waals surface area contributed by atoms with Gasteiger partial charge in [0.25, 0.3) is 5.91 Å². The average Bonchev–Trinajstić information content (AvgIpc) is 3.40. The van der Waals surface area contributed by atoms with Gasteiger partial charge in [-0.3, -0.25) is 4.79 Å². The number of aryl methyl sites for hydroxylation is 1. The molecule has 2 aliphatic rings. The molecule has 0 N–H and O–H groups in total. The molecule has 0 bridgehead atoms. The van der Waals surface area contributed by atoms with Gasteiger partial charge in [-0.1, -0.05) is 11.3 Å². The van der Waals surface area contributed by atoms with Crippen LogP contribution in [0.5, 0.6) is 17.2 Å². The van der Waals surface area contributed by atoms with Crippen molar-refractivity contribution in [3.8, 4) is 17.2 Å². The Morgan fingerprint density at radius 3 is 2.73 bits per heavy atom. The third kappa shape index (κ3) is 3.39. The average molecular weight is 429 g/mol. The van der Waals surface area contributed by atoms with Gasteiger partial charge in [-0.15, -0.1) is 0 Å². The Bertz CT molecular complexity index is 1100. The summed E-state index contributed by atoms with van der Waals surface area (Å²) in [5.74, 6) is 0.890. The number of hydrogen-bond donors (Lipinski definition) is 0. The van der Waals surface area contributed by atoms with Crippen molar-refractivity contribution in [2.45, 2.75) is 20.8 Å². The highest BCUT2D eigenvalue weighted by Gasteiger charge is 2.32. The number of methoxy groups -OCH3 is 1. The van der Waals surface area contributed by atoms with E-state index >= 15 is 0 Å². The maximum atomic E-state index is 13.1. The number of thiazole rings is 1. The molecular weight excluding hydrogens is 410 g/mol. The fourth-order valence-electron chi connectivity index (χ4n) is 3.06. The van der Waals surface area contributed by atoms with E-state index in [4.69, 9.17) is 18.9 Å². The van der Waals surface area contributed by atoms with E-state index < -0.39 is 5.97 Å². The number of rotatable bonds is 5. The fraction of sp³-hybridized carbons (Fsp3) is 0.300. The number of amides is 1. The maximum Gasteiger partial charge on any atom is 0.350 e. The molecule has 0 aliphatic carbocycles. The molecule has 1 aromatic heterocycles. The summed E-state index contributed by atoms with van der Waals surface area (Å²) in [4.78, 5) is 29.8. The van der Waals surface area contributed by atoms with Gasteiger partial charge in [-0.05, 0) is 32.9 Å². The number of fused-ring (bicyclic) bond motifs is 1. The van der Waals surface area contributed by atoms with E-state index in [0.717, 1.165) is 11.3 Å². The van der Waals surface area contributed by atoms with Gasteiger partial charge in [0.05, 0.1) is 30.7 Å². The van der Waals surface area contributed by atoms with Crippen LogP contribution in [0.3, 0.4) is 0 Å². The minimum atomic E-state index is -0.466. The largest absolute Gasteiger partial charge is 0.496 e. The van der Waals surface area contributed by atoms with Crippen LogP contribution in [-0.4, -0.2) is 43.1 Å². The van der Waals surface area contributed by atoms with Crippen molar-refractivity contribution >= 4 is 40.1 Å². The lowest BCUT2D eigenvalue weighted by atomic mass is 10.1. The molecule has 1 aromatic carbocycles. The molecule has 0 unspecified atom stereocenters. The van der Waals surface area contributed by atoms with Crippen LogP contribution in [-0.2, 0) is 9.53 Å². The van der Waals surface area contributed by atoms with Crippen molar-refractivity contribution in [2.75, 3.05) is 25.5 Å². The standard InChI is InChI=1S/C20H19N3O6S/c1-5-27-19(25)17-11(3)21-20(30-17)23-18(24)13(10(2)22-23)6-12-7-15-16(29-9-28-15)8-14(12)26-4/h6-8H,5,9H2,1-4H3/b13-6-. The highest BCUT2D eigenvalue weighted by Crippen LogP contribution is 2.39. The molecule has 10 heteroatoms. The summed E-state index contributed by atoms with van der Waals surface area (Å²) in [6.45, 7) is 5.55. The summed E-state index contributed by atoms with van der Waals surface area (Å²) < 4.78 is 21.3. The summed E-state index contributed by atoms with van der Waals surface area (Å²) in [5, 5.41) is 5.84. The summed E-state index contributed by atoms with van der Waals surface area (Å²) in [6.07, 6.45) is 1.69. The number of hydrogen-bond acceptors (Lipinski definition) is 9. The van der Waals surface area contributed by atoms with Crippen molar-refractivity contribution in [3.05, 3.63) is 33.8 Å². The monoisotopic (exact) mass is 429 g/mol. The highest BCUT2D eigenvalue weighted by molar-refractivity contribution is 7.17. The van der Waals surface area contributed by atoms with Crippen molar-refractivity contribution in [1.82, 2.24) is 4.98 Å². The molecule has 30 heavy (non-hydrogen) atoms. The first-order valence-electron chi connectivity index (χ1n) is 9.16. The van der Waals surface area contributed by atoms with Gasteiger partial charge in [-0.25, -0.2) is 9.78 Å². The quantitative estimate of drug-likeness (QED) is 0.532. The van der Waals surface area contributed by atoms with Gasteiger partial charge in [0, 0.05) is 11.6 Å². The topological polar surface area (TPSA) is 99.5 Å². The Hall–Kier alpha value is -3.40. The Morgan fingerprint density at radius 2 is 2.03 bits per heavy atom. The zero-order valence-electron chi connectivity index (χ0n) is 16.8. The number of carbonyl (C=O) groups excluding carboxylic acids is 2. The molecule has 9 nitrogen and oxygen atoms in total. The predicted octanol–water partition coefficient (Wildman–Crippen LogP) is 3.17. The van der Waals surface area contributed by atoms with Gasteiger partial charge >= 0.3 is 5.97 Å². The smallest absolute Gasteiger partial charge is 0.350 e. The molecule has 0 spiro atoms. The van der Waals surface area contributed by atoms with Crippen LogP contribution < -0.4 is 19.2 Å². The molecule has 0 saturated carbocycles. The molecule has 4 rings (SSSR count). The van der Waals surface area contributed by atoms with Crippen LogP contribution in [0.4, 0.5) is 5.13 Å². The number of esters is 1. The van der Waals surface area contributed by atoms with Crippen LogP contribution >= 0.6 is 11.3 Å². The van der Waals surface area contributed by atoms with Crippen LogP contribution in [0.15, 0.2) is 22.8 Å². The van der Waals surface area contributed by atoms with E-state index in [0.29, 0.717) is 49.8 Å². The zero-order valence-corrected chi connectivity index (χ0v) is 17.7. The molecule has 0 atom stereocenters. The lowest BCUT2D eigenvalue weighted by molar-refractivity contribution is -0.114. The Kier molecular flexibility index (Phi) is 5.17. The highest BCUT2D eigenvalue weighted by atomic mass is 32.1. The number of carbonyl (C=O) groups is 2. The Morgan fingerprint density at radius 1 is 1.30 bits per heavy atom. The lowest BCUT2D eigenvalue weighted by Crippen LogP contribution is -2.21. The normalized spacial score (nSPS) is 16.3. The first-order chi connectivity index (χ1) is 14.4. The minimum absolute atomic E-state index is 0.137. The first-order valence-corrected chi connectivity index (χ1v) is 9.98. The van der Waals surface area contributed by atoms with E-state index in [2.05, 4.69) is 10.1 Å². The molecular formula is C20H19N3O6S. The van der Waals surface area contributed by atoms with E-state index in [-0.39, 0.29) is 19.3 Å². The second-order valence-corrected chi connectivity index (χ2v) is 7.42. The minimum Gasteiger partial charge on any atom is -0.496 e. The summed E-state index contributed by atoms with van der Waals surface area (Å²) in [6, 6.07) is 3.47. The Labute approximate surface area is 176 Å². The third-order valence-corrected chi connectivity index (χ3v) is 5.63. The Balaban J connectivity index is 1.67. The second-order valence-electron chi connectivity index (χ2n) is 6.44. The molecule has 156 valence electrons. The zero-order chi connectivity index (χ0) is 21.4. The summed E-state index contributed by atoms with van der Waals surface area (Å²) >= 11 is 1.07. The SMILES string of the molecule is CCOC(=O)c1sc(N2N=C(C)/C(=C/c3cc4c(cc3OC)OCO4)C2=O)nc1C. The lowest BCUT2D eigenvalue weighted by Gasteiger charge is -2.09. The first kappa shape index (κ1) is 19.9. The second kappa shape index (κ2) is 7.79. The molecule has 0 radical (unpaired) electrons. The van der Waals surface area contributed by atoms with Crippen LogP contribution in [0.2, 0.25) is 0 Å². The van der Waals surface area contributed by atoms with Gasteiger partial charge in [0.1, 0.15) is 10.6 Å². The molecule has 1 amide bonds. The molecule has 0 saturated heterocycles. The van der Waals surface area contributed by atoms with Gasteiger partial charge in [-0.2, -0.15) is 10.1 Å². The van der Waals surface area contributed by atoms with Crippen LogP contribution in [0.25, 0.3) is 6.08 Å². The number of ether oxygens (including phenoxy) is 4. The van der Waals surface area contributed by atoms with Gasteiger partial charge in [0.2, 0.25) is 11.9 Å². The van der Waals surface area contributed by atoms with Crippen molar-refractivity contribution in [2.24, 2.45) is 5.10 Å². The fourth-order valence-corrected chi connectivity index (χ4v) is 3.97. The number of nitrogens with zero attached hydrogens (tertiary/aromatic N) is 3. The maximum absolute atomic E-state index is 13.1. The van der Waals surface area contributed by atoms with Crippen LogP contribution in [0, 0.1) is 6.92 Å². The number of anilines is 1. The van der Waals surface area contributed by atoms with E-state index in [9.17, 15) is 9.59 Å².